The molecule has 1 aromatic carbocycles. The molecule has 2 rings (SSSR count). The van der Waals surface area contributed by atoms with Crippen molar-refractivity contribution in [3.05, 3.63) is 46.3 Å². The molecule has 0 radical (unpaired) electrons. The van der Waals surface area contributed by atoms with Gasteiger partial charge < -0.3 is 4.42 Å². The summed E-state index contributed by atoms with van der Waals surface area (Å²) in [6, 6.07) is 9.10. The largest absolute Gasteiger partial charge is 0.414 e. The third-order valence-electron chi connectivity index (χ3n) is 1.75. The maximum Gasteiger partial charge on any atom is 0.288 e. The van der Waals surface area contributed by atoms with Crippen LogP contribution in [0.3, 0.4) is 0 Å². The summed E-state index contributed by atoms with van der Waals surface area (Å²) >= 11 is 0. The summed E-state index contributed by atoms with van der Waals surface area (Å²) in [6.45, 7) is -0.445. The second-order valence-corrected chi connectivity index (χ2v) is 2.86. The molecule has 0 aliphatic carbocycles. The van der Waals surface area contributed by atoms with E-state index in [4.69, 9.17) is 4.42 Å². The Labute approximate surface area is 84.7 Å². The quantitative estimate of drug-likeness (QED) is 0.560. The van der Waals surface area contributed by atoms with Crippen LogP contribution in [0.15, 0.2) is 34.7 Å². The van der Waals surface area contributed by atoms with Crippen LogP contribution in [0, 0.1) is 10.1 Å². The molecular formula is C9H7N3O3. The number of aromatic nitrogens is 2. The molecule has 1 heterocycles. The fraction of sp³-hybridized carbons (Fsp3) is 0.111. The Morgan fingerprint density at radius 2 is 2.00 bits per heavy atom. The third kappa shape index (κ3) is 2.16. The second kappa shape index (κ2) is 3.87. The van der Waals surface area contributed by atoms with Gasteiger partial charge in [-0.2, -0.15) is 0 Å². The van der Waals surface area contributed by atoms with Gasteiger partial charge in [-0.3, -0.25) is 10.1 Å². The summed E-state index contributed by atoms with van der Waals surface area (Å²) in [5.74, 6) is 0.311. The molecule has 0 aliphatic heterocycles. The molecule has 0 fully saturated rings. The number of rotatable bonds is 3. The molecule has 0 spiro atoms. The molecular weight excluding hydrogens is 198 g/mol. The van der Waals surface area contributed by atoms with Gasteiger partial charge in [-0.1, -0.05) is 18.2 Å². The fourth-order valence-corrected chi connectivity index (χ4v) is 1.13. The van der Waals surface area contributed by atoms with Crippen LogP contribution in [0.2, 0.25) is 0 Å². The zero-order valence-corrected chi connectivity index (χ0v) is 7.66. The summed E-state index contributed by atoms with van der Waals surface area (Å²) in [5.41, 5.74) is 0.750. The van der Waals surface area contributed by atoms with E-state index in [1.807, 2.05) is 18.2 Å². The predicted molar refractivity (Wildman–Crippen MR) is 50.4 cm³/mol. The van der Waals surface area contributed by atoms with Crippen molar-refractivity contribution >= 4 is 0 Å². The van der Waals surface area contributed by atoms with Gasteiger partial charge in [-0.05, 0) is 12.1 Å². The average molecular weight is 205 g/mol. The molecule has 0 atom stereocenters. The highest BCUT2D eigenvalue weighted by Gasteiger charge is 2.12. The van der Waals surface area contributed by atoms with Gasteiger partial charge in [0, 0.05) is 10.5 Å². The van der Waals surface area contributed by atoms with Gasteiger partial charge in [0.05, 0.1) is 0 Å². The standard InChI is InChI=1S/C9H7N3O3/c13-12(14)6-8-10-11-9(15-8)7-4-2-1-3-5-7/h1-5H,6H2. The molecule has 6 nitrogen and oxygen atoms in total. The lowest BCUT2D eigenvalue weighted by molar-refractivity contribution is -0.500. The van der Waals surface area contributed by atoms with Crippen LogP contribution in [0.25, 0.3) is 11.5 Å². The van der Waals surface area contributed by atoms with Crippen LogP contribution >= 0.6 is 0 Å². The lowest BCUT2D eigenvalue weighted by Crippen LogP contribution is -1.97. The summed E-state index contributed by atoms with van der Waals surface area (Å²) in [4.78, 5) is 9.68. The Morgan fingerprint density at radius 1 is 1.27 bits per heavy atom. The van der Waals surface area contributed by atoms with Crippen LogP contribution in [0.1, 0.15) is 5.89 Å². The highest BCUT2D eigenvalue weighted by molar-refractivity contribution is 5.51. The Hall–Kier alpha value is -2.24. The van der Waals surface area contributed by atoms with Gasteiger partial charge in [-0.15, -0.1) is 10.2 Å². The molecule has 2 aromatic rings. The summed E-state index contributed by atoms with van der Waals surface area (Å²) in [7, 11) is 0. The van der Waals surface area contributed by atoms with Crippen molar-refractivity contribution in [3.8, 4) is 11.5 Å². The van der Waals surface area contributed by atoms with E-state index in [0.29, 0.717) is 5.89 Å². The molecule has 0 N–H and O–H groups in total. The Kier molecular flexibility index (Phi) is 2.40. The van der Waals surface area contributed by atoms with E-state index in [2.05, 4.69) is 10.2 Å². The second-order valence-electron chi connectivity index (χ2n) is 2.86. The molecule has 0 saturated carbocycles. The van der Waals surface area contributed by atoms with E-state index in [9.17, 15) is 10.1 Å². The molecule has 0 aliphatic rings. The first-order valence-corrected chi connectivity index (χ1v) is 4.25. The minimum Gasteiger partial charge on any atom is -0.414 e. The number of nitro groups is 1. The number of hydrogen-bond acceptors (Lipinski definition) is 5. The van der Waals surface area contributed by atoms with Gasteiger partial charge in [0.25, 0.3) is 12.4 Å². The van der Waals surface area contributed by atoms with Gasteiger partial charge in [-0.25, -0.2) is 0 Å². The maximum absolute atomic E-state index is 10.2. The van der Waals surface area contributed by atoms with E-state index >= 15 is 0 Å². The number of hydrogen-bond donors (Lipinski definition) is 0. The SMILES string of the molecule is O=[N+]([O-])Cc1nnc(-c2ccccc2)o1. The van der Waals surface area contributed by atoms with Gasteiger partial charge in [0.1, 0.15) is 0 Å². The summed E-state index contributed by atoms with van der Waals surface area (Å²) in [6.07, 6.45) is 0. The molecule has 6 heteroatoms. The Morgan fingerprint density at radius 3 is 2.67 bits per heavy atom. The monoisotopic (exact) mass is 205 g/mol. The van der Waals surface area contributed by atoms with Crippen LogP contribution in [-0.4, -0.2) is 15.1 Å². The van der Waals surface area contributed by atoms with Crippen molar-refractivity contribution in [2.75, 3.05) is 0 Å². The van der Waals surface area contributed by atoms with Crippen molar-refractivity contribution in [1.29, 1.82) is 0 Å². The molecule has 1 aromatic heterocycles. The molecule has 15 heavy (non-hydrogen) atoms. The van der Waals surface area contributed by atoms with E-state index in [0.717, 1.165) is 5.56 Å². The van der Waals surface area contributed by atoms with Crippen molar-refractivity contribution in [1.82, 2.24) is 10.2 Å². The van der Waals surface area contributed by atoms with E-state index in [1.54, 1.807) is 12.1 Å². The van der Waals surface area contributed by atoms with Crippen LogP contribution in [-0.2, 0) is 6.54 Å². The van der Waals surface area contributed by atoms with E-state index in [1.165, 1.54) is 0 Å². The summed E-state index contributed by atoms with van der Waals surface area (Å²) < 4.78 is 5.12. The zero-order valence-electron chi connectivity index (χ0n) is 7.66. The molecule has 0 unspecified atom stereocenters. The van der Waals surface area contributed by atoms with Crippen LogP contribution in [0.5, 0.6) is 0 Å². The Bertz CT molecular complexity index is 466. The van der Waals surface area contributed by atoms with Gasteiger partial charge >= 0.3 is 0 Å². The van der Waals surface area contributed by atoms with E-state index in [-0.39, 0.29) is 5.89 Å². The maximum atomic E-state index is 10.2. The lowest BCUT2D eigenvalue weighted by atomic mass is 10.2. The molecule has 0 bridgehead atoms. The first-order chi connectivity index (χ1) is 7.25. The normalized spacial score (nSPS) is 10.1. The van der Waals surface area contributed by atoms with Crippen molar-refractivity contribution in [2.45, 2.75) is 6.54 Å². The molecule has 0 saturated heterocycles. The average Bonchev–Trinajstić information content (AvgIpc) is 2.67. The van der Waals surface area contributed by atoms with Gasteiger partial charge in [0.15, 0.2) is 0 Å². The van der Waals surface area contributed by atoms with Gasteiger partial charge in [0.2, 0.25) is 5.89 Å². The fourth-order valence-electron chi connectivity index (χ4n) is 1.13. The smallest absolute Gasteiger partial charge is 0.288 e. The highest BCUT2D eigenvalue weighted by Crippen LogP contribution is 2.16. The van der Waals surface area contributed by atoms with Crippen molar-refractivity contribution in [3.63, 3.8) is 0 Å². The third-order valence-corrected chi connectivity index (χ3v) is 1.75. The number of benzene rings is 1. The zero-order chi connectivity index (χ0) is 10.7. The van der Waals surface area contributed by atoms with Crippen molar-refractivity contribution < 1.29 is 9.34 Å². The topological polar surface area (TPSA) is 82.1 Å². The number of nitrogens with zero attached hydrogens (tertiary/aromatic N) is 3. The first-order valence-electron chi connectivity index (χ1n) is 4.25. The molecule has 0 amide bonds. The first kappa shape index (κ1) is 9.32. The van der Waals surface area contributed by atoms with Crippen molar-refractivity contribution in [2.24, 2.45) is 0 Å². The van der Waals surface area contributed by atoms with Crippen LogP contribution < -0.4 is 0 Å². The minimum absolute atomic E-state index is 0.0128. The van der Waals surface area contributed by atoms with Crippen LogP contribution in [0.4, 0.5) is 0 Å². The molecule has 76 valence electrons. The van der Waals surface area contributed by atoms with E-state index < -0.39 is 11.5 Å². The predicted octanol–water partition coefficient (Wildman–Crippen LogP) is 1.51. The minimum atomic E-state index is -0.512. The lowest BCUT2D eigenvalue weighted by Gasteiger charge is -1.91. The summed E-state index contributed by atoms with van der Waals surface area (Å²) in [5, 5.41) is 17.5. The highest BCUT2D eigenvalue weighted by atomic mass is 16.6. The Balaban J connectivity index is 2.24.